The molecule has 20 heavy (non-hydrogen) atoms. The van der Waals surface area contributed by atoms with Crippen molar-refractivity contribution in [3.8, 4) is 5.88 Å². The van der Waals surface area contributed by atoms with Crippen LogP contribution in [0.5, 0.6) is 5.88 Å². The SMILES string of the molecule is CCCC(CCC)COc1cccc(C(=O)CCN)n1. The summed E-state index contributed by atoms with van der Waals surface area (Å²) in [5.74, 6) is 1.07. The minimum Gasteiger partial charge on any atom is -0.477 e. The summed E-state index contributed by atoms with van der Waals surface area (Å²) in [5, 5.41) is 0. The second kappa shape index (κ2) is 9.48. The van der Waals surface area contributed by atoms with Crippen molar-refractivity contribution in [2.45, 2.75) is 46.0 Å². The average molecular weight is 278 g/mol. The van der Waals surface area contributed by atoms with E-state index in [1.165, 1.54) is 12.8 Å². The van der Waals surface area contributed by atoms with Crippen LogP contribution in [0, 0.1) is 5.92 Å². The Morgan fingerprint density at radius 2 is 2.00 bits per heavy atom. The molecule has 0 saturated carbocycles. The average Bonchev–Trinajstić information content (AvgIpc) is 2.46. The summed E-state index contributed by atoms with van der Waals surface area (Å²) in [6.45, 7) is 5.39. The number of Topliss-reactive ketones (excluding diaryl/α,β-unsaturated/α-hetero) is 1. The number of rotatable bonds is 10. The van der Waals surface area contributed by atoms with Crippen LogP contribution in [-0.2, 0) is 0 Å². The van der Waals surface area contributed by atoms with E-state index in [9.17, 15) is 4.79 Å². The number of hydrogen-bond acceptors (Lipinski definition) is 4. The summed E-state index contributed by atoms with van der Waals surface area (Å²) in [4.78, 5) is 16.0. The van der Waals surface area contributed by atoms with Crippen molar-refractivity contribution < 1.29 is 9.53 Å². The van der Waals surface area contributed by atoms with Gasteiger partial charge in [0.2, 0.25) is 5.88 Å². The Labute approximate surface area is 121 Å². The van der Waals surface area contributed by atoms with Gasteiger partial charge in [-0.1, -0.05) is 32.8 Å². The van der Waals surface area contributed by atoms with Gasteiger partial charge in [-0.15, -0.1) is 0 Å². The maximum atomic E-state index is 11.7. The fourth-order valence-electron chi connectivity index (χ4n) is 2.24. The van der Waals surface area contributed by atoms with E-state index in [0.29, 0.717) is 37.1 Å². The summed E-state index contributed by atoms with van der Waals surface area (Å²) < 4.78 is 5.75. The summed E-state index contributed by atoms with van der Waals surface area (Å²) in [6, 6.07) is 5.31. The summed E-state index contributed by atoms with van der Waals surface area (Å²) >= 11 is 0. The van der Waals surface area contributed by atoms with Crippen LogP contribution in [0.3, 0.4) is 0 Å². The zero-order valence-corrected chi connectivity index (χ0v) is 12.6. The molecule has 112 valence electrons. The Morgan fingerprint density at radius 3 is 2.60 bits per heavy atom. The van der Waals surface area contributed by atoms with E-state index in [-0.39, 0.29) is 5.78 Å². The number of carbonyl (C=O) groups excluding carboxylic acids is 1. The monoisotopic (exact) mass is 278 g/mol. The normalized spacial score (nSPS) is 10.8. The van der Waals surface area contributed by atoms with E-state index in [2.05, 4.69) is 18.8 Å². The van der Waals surface area contributed by atoms with Gasteiger partial charge < -0.3 is 10.5 Å². The first-order valence-electron chi connectivity index (χ1n) is 7.54. The molecule has 0 amide bonds. The quantitative estimate of drug-likeness (QED) is 0.667. The Morgan fingerprint density at radius 1 is 1.30 bits per heavy atom. The standard InChI is InChI=1S/C16H26N2O2/c1-3-6-13(7-4-2)12-20-16-9-5-8-14(18-16)15(19)10-11-17/h5,8-9,13H,3-4,6-7,10-12,17H2,1-2H3. The molecule has 1 aromatic rings. The maximum absolute atomic E-state index is 11.7. The lowest BCUT2D eigenvalue weighted by atomic mass is 9.99. The molecule has 0 fully saturated rings. The zero-order chi connectivity index (χ0) is 14.8. The smallest absolute Gasteiger partial charge is 0.213 e. The molecule has 0 spiro atoms. The first-order valence-corrected chi connectivity index (χ1v) is 7.54. The van der Waals surface area contributed by atoms with E-state index in [4.69, 9.17) is 10.5 Å². The zero-order valence-electron chi connectivity index (χ0n) is 12.6. The molecule has 0 radical (unpaired) electrons. The van der Waals surface area contributed by atoms with Crippen molar-refractivity contribution in [2.75, 3.05) is 13.2 Å². The minimum absolute atomic E-state index is 0.0309. The first kappa shape index (κ1) is 16.6. The Balaban J connectivity index is 2.58. The molecular formula is C16H26N2O2. The molecule has 0 unspecified atom stereocenters. The summed E-state index contributed by atoms with van der Waals surface area (Å²) in [5.41, 5.74) is 5.83. The Hall–Kier alpha value is -1.42. The number of aromatic nitrogens is 1. The molecule has 0 aromatic carbocycles. The van der Waals surface area contributed by atoms with Crippen molar-refractivity contribution in [1.82, 2.24) is 4.98 Å². The largest absolute Gasteiger partial charge is 0.477 e. The van der Waals surface area contributed by atoms with Crippen molar-refractivity contribution in [3.63, 3.8) is 0 Å². The molecular weight excluding hydrogens is 252 g/mol. The molecule has 0 aliphatic rings. The summed E-state index contributed by atoms with van der Waals surface area (Å²) in [7, 11) is 0. The second-order valence-electron chi connectivity index (χ2n) is 5.08. The molecule has 2 N–H and O–H groups in total. The predicted molar refractivity (Wildman–Crippen MR) is 81.0 cm³/mol. The van der Waals surface area contributed by atoms with Gasteiger partial charge in [-0.05, 0) is 31.4 Å². The number of hydrogen-bond donors (Lipinski definition) is 1. The van der Waals surface area contributed by atoms with Crippen LogP contribution in [0.1, 0.15) is 56.4 Å². The molecule has 4 heteroatoms. The van der Waals surface area contributed by atoms with Crippen LogP contribution in [-0.4, -0.2) is 23.9 Å². The number of ether oxygens (including phenoxy) is 1. The summed E-state index contributed by atoms with van der Waals surface area (Å²) in [6.07, 6.45) is 4.98. The lowest BCUT2D eigenvalue weighted by Crippen LogP contribution is -2.14. The highest BCUT2D eigenvalue weighted by atomic mass is 16.5. The fourth-order valence-corrected chi connectivity index (χ4v) is 2.24. The van der Waals surface area contributed by atoms with Gasteiger partial charge in [-0.3, -0.25) is 4.79 Å². The van der Waals surface area contributed by atoms with Gasteiger partial charge in [-0.2, -0.15) is 0 Å². The van der Waals surface area contributed by atoms with Crippen molar-refractivity contribution in [3.05, 3.63) is 23.9 Å². The molecule has 0 bridgehead atoms. The van der Waals surface area contributed by atoms with E-state index in [1.807, 2.05) is 0 Å². The molecule has 0 atom stereocenters. The van der Waals surface area contributed by atoms with Gasteiger partial charge in [0, 0.05) is 12.5 Å². The van der Waals surface area contributed by atoms with Crippen LogP contribution in [0.25, 0.3) is 0 Å². The first-order chi connectivity index (χ1) is 9.71. The molecule has 1 heterocycles. The van der Waals surface area contributed by atoms with Gasteiger partial charge >= 0.3 is 0 Å². The molecule has 1 rings (SSSR count). The molecule has 0 aliphatic heterocycles. The van der Waals surface area contributed by atoms with E-state index in [0.717, 1.165) is 12.8 Å². The highest BCUT2D eigenvalue weighted by Crippen LogP contribution is 2.16. The van der Waals surface area contributed by atoms with Crippen LogP contribution in [0.15, 0.2) is 18.2 Å². The van der Waals surface area contributed by atoms with Gasteiger partial charge in [0.05, 0.1) is 6.61 Å². The van der Waals surface area contributed by atoms with Crippen LogP contribution < -0.4 is 10.5 Å². The number of nitrogens with two attached hydrogens (primary N) is 1. The van der Waals surface area contributed by atoms with Gasteiger partial charge in [0.25, 0.3) is 0 Å². The van der Waals surface area contributed by atoms with E-state index in [1.54, 1.807) is 18.2 Å². The Kier molecular flexibility index (Phi) is 7.88. The lowest BCUT2D eigenvalue weighted by Gasteiger charge is -2.15. The fraction of sp³-hybridized carbons (Fsp3) is 0.625. The molecule has 4 nitrogen and oxygen atoms in total. The highest BCUT2D eigenvalue weighted by molar-refractivity contribution is 5.94. The third-order valence-electron chi connectivity index (χ3n) is 3.24. The van der Waals surface area contributed by atoms with Crippen LogP contribution in [0.2, 0.25) is 0 Å². The van der Waals surface area contributed by atoms with E-state index >= 15 is 0 Å². The van der Waals surface area contributed by atoms with Gasteiger partial charge in [0.1, 0.15) is 5.69 Å². The second-order valence-corrected chi connectivity index (χ2v) is 5.08. The minimum atomic E-state index is -0.0309. The highest BCUT2D eigenvalue weighted by Gasteiger charge is 2.10. The van der Waals surface area contributed by atoms with E-state index < -0.39 is 0 Å². The van der Waals surface area contributed by atoms with Crippen LogP contribution >= 0.6 is 0 Å². The number of nitrogens with zero attached hydrogens (tertiary/aromatic N) is 1. The van der Waals surface area contributed by atoms with Crippen LogP contribution in [0.4, 0.5) is 0 Å². The maximum Gasteiger partial charge on any atom is 0.213 e. The van der Waals surface area contributed by atoms with Crippen molar-refractivity contribution in [1.29, 1.82) is 0 Å². The molecule has 0 saturated heterocycles. The molecule has 0 aliphatic carbocycles. The van der Waals surface area contributed by atoms with Crippen molar-refractivity contribution >= 4 is 5.78 Å². The number of pyridine rings is 1. The third-order valence-corrected chi connectivity index (χ3v) is 3.24. The Bertz CT molecular complexity index is 401. The molecule has 1 aromatic heterocycles. The number of ketones is 1. The number of carbonyl (C=O) groups is 1. The van der Waals surface area contributed by atoms with Gasteiger partial charge in [-0.25, -0.2) is 4.98 Å². The third kappa shape index (κ3) is 5.70. The predicted octanol–water partition coefficient (Wildman–Crippen LogP) is 3.21. The lowest BCUT2D eigenvalue weighted by molar-refractivity contribution is 0.0979. The van der Waals surface area contributed by atoms with Gasteiger partial charge in [0.15, 0.2) is 5.78 Å². The topological polar surface area (TPSA) is 65.2 Å². The van der Waals surface area contributed by atoms with Crippen molar-refractivity contribution in [2.24, 2.45) is 11.7 Å².